The molecule has 1 aromatic carbocycles. The fourth-order valence-electron chi connectivity index (χ4n) is 3.50. The average molecular weight is 384 g/mol. The van der Waals surface area contributed by atoms with Gasteiger partial charge in [0, 0.05) is 24.4 Å². The van der Waals surface area contributed by atoms with Crippen LogP contribution in [0.15, 0.2) is 35.3 Å². The van der Waals surface area contributed by atoms with E-state index in [0.717, 1.165) is 0 Å². The Labute approximate surface area is 162 Å². The Hall–Kier alpha value is -3.16. The third kappa shape index (κ3) is 4.05. The van der Waals surface area contributed by atoms with E-state index in [1.54, 1.807) is 19.1 Å². The molecule has 1 aliphatic heterocycles. The summed E-state index contributed by atoms with van der Waals surface area (Å²) in [4.78, 5) is 40.8. The van der Waals surface area contributed by atoms with Gasteiger partial charge in [0.05, 0.1) is 10.9 Å². The number of unbranched alkanes of at least 4 members (excludes halogenated alkanes) is 1. The number of allylic oxidation sites excluding steroid dienone is 1. The number of aliphatic carboxylic acids is 1. The monoisotopic (exact) mass is 384 g/mol. The molecule has 0 saturated carbocycles. The summed E-state index contributed by atoms with van der Waals surface area (Å²) in [6.07, 6.45) is 2.46. The second-order valence-electron chi connectivity index (χ2n) is 6.96. The Morgan fingerprint density at radius 3 is 2.89 bits per heavy atom. The molecule has 1 amide bonds. The van der Waals surface area contributed by atoms with Crippen LogP contribution in [0, 0.1) is 6.92 Å². The van der Waals surface area contributed by atoms with E-state index in [1.165, 1.54) is 4.57 Å². The highest BCUT2D eigenvalue weighted by Gasteiger charge is 2.28. The summed E-state index contributed by atoms with van der Waals surface area (Å²) in [5.74, 6) is -0.577. The number of carboxylic acid groups (broad SMARTS) is 1. The Morgan fingerprint density at radius 1 is 1.39 bits per heavy atom. The van der Waals surface area contributed by atoms with Crippen molar-refractivity contribution in [3.63, 3.8) is 0 Å². The number of anilines is 1. The zero-order chi connectivity index (χ0) is 20.3. The van der Waals surface area contributed by atoms with Gasteiger partial charge in [-0.15, -0.1) is 0 Å². The van der Waals surface area contributed by atoms with Crippen molar-refractivity contribution in [1.29, 1.82) is 0 Å². The molecule has 0 radical (unpaired) electrons. The number of benzene rings is 1. The minimum atomic E-state index is -0.818. The van der Waals surface area contributed by atoms with Crippen molar-refractivity contribution in [2.24, 2.45) is 0 Å². The lowest BCUT2D eigenvalue weighted by Crippen LogP contribution is -2.41. The molecule has 3 rings (SSSR count). The predicted octanol–water partition coefficient (Wildman–Crippen LogP) is 2.34. The summed E-state index contributed by atoms with van der Waals surface area (Å²) in [6, 6.07) is 4.77. The molecule has 1 saturated heterocycles. The zero-order valence-electron chi connectivity index (χ0n) is 15.8. The third-order valence-electron chi connectivity index (χ3n) is 4.87. The van der Waals surface area contributed by atoms with Crippen LogP contribution in [0.3, 0.4) is 0 Å². The standard InChI is InChI=1S/C20H24N4O4/c1-12-9-10-16(19(27)22-12)24-13(2)23-15-7-5-6-14(18(15)20(24)28)21-11-4-3-8-17(25)26/h5-7,16,21H,1,3-4,8-11H2,2H3,(H,22,27)(H,25,26). The van der Waals surface area contributed by atoms with Crippen LogP contribution >= 0.6 is 0 Å². The fraction of sp³-hybridized carbons (Fsp3) is 0.400. The van der Waals surface area contributed by atoms with Crippen LogP contribution < -0.4 is 16.2 Å². The van der Waals surface area contributed by atoms with Crippen LogP contribution in [0.5, 0.6) is 0 Å². The number of piperidine rings is 1. The van der Waals surface area contributed by atoms with E-state index in [2.05, 4.69) is 22.2 Å². The van der Waals surface area contributed by atoms with Crippen molar-refractivity contribution in [2.45, 2.75) is 45.1 Å². The number of hydrogen-bond acceptors (Lipinski definition) is 5. The van der Waals surface area contributed by atoms with Gasteiger partial charge in [-0.25, -0.2) is 4.98 Å². The maximum atomic E-state index is 13.3. The summed E-state index contributed by atoms with van der Waals surface area (Å²) < 4.78 is 1.46. The molecule has 1 aromatic heterocycles. The van der Waals surface area contributed by atoms with Gasteiger partial charge < -0.3 is 15.7 Å². The molecule has 0 aliphatic carbocycles. The van der Waals surface area contributed by atoms with Crippen molar-refractivity contribution in [3.05, 3.63) is 46.7 Å². The molecular formula is C20H24N4O4. The summed E-state index contributed by atoms with van der Waals surface area (Å²) in [5.41, 5.74) is 1.60. The first-order valence-corrected chi connectivity index (χ1v) is 9.34. The van der Waals surface area contributed by atoms with E-state index in [0.29, 0.717) is 60.3 Å². The topological polar surface area (TPSA) is 113 Å². The van der Waals surface area contributed by atoms with Crippen LogP contribution in [0.25, 0.3) is 10.9 Å². The Balaban J connectivity index is 1.92. The normalized spacial score (nSPS) is 16.8. The van der Waals surface area contributed by atoms with Gasteiger partial charge in [0.1, 0.15) is 11.9 Å². The lowest BCUT2D eigenvalue weighted by atomic mass is 10.0. The first kappa shape index (κ1) is 19.6. The van der Waals surface area contributed by atoms with E-state index in [1.807, 2.05) is 6.07 Å². The number of rotatable bonds is 7. The minimum Gasteiger partial charge on any atom is -0.481 e. The molecule has 2 aromatic rings. The maximum absolute atomic E-state index is 13.3. The first-order chi connectivity index (χ1) is 13.4. The number of hydrogen-bond donors (Lipinski definition) is 3. The molecule has 0 bridgehead atoms. The summed E-state index contributed by atoms with van der Waals surface area (Å²) in [5, 5.41) is 15.1. The molecule has 2 heterocycles. The van der Waals surface area contributed by atoms with Gasteiger partial charge in [0.25, 0.3) is 5.56 Å². The molecule has 8 heteroatoms. The molecule has 1 aliphatic rings. The largest absolute Gasteiger partial charge is 0.481 e. The van der Waals surface area contributed by atoms with Gasteiger partial charge in [-0.1, -0.05) is 12.6 Å². The number of aromatic nitrogens is 2. The molecule has 1 unspecified atom stereocenters. The lowest BCUT2D eigenvalue weighted by molar-refractivity contribution is -0.137. The average Bonchev–Trinajstić information content (AvgIpc) is 2.62. The highest BCUT2D eigenvalue weighted by Crippen LogP contribution is 2.24. The highest BCUT2D eigenvalue weighted by atomic mass is 16.4. The Morgan fingerprint density at radius 2 is 2.18 bits per heavy atom. The first-order valence-electron chi connectivity index (χ1n) is 9.34. The second kappa shape index (κ2) is 8.24. The van der Waals surface area contributed by atoms with E-state index in [9.17, 15) is 14.4 Å². The molecule has 148 valence electrons. The highest BCUT2D eigenvalue weighted by molar-refractivity contribution is 5.91. The second-order valence-corrected chi connectivity index (χ2v) is 6.96. The van der Waals surface area contributed by atoms with Crippen LogP contribution in [-0.4, -0.2) is 33.1 Å². The number of fused-ring (bicyclic) bond motifs is 1. The number of aryl methyl sites for hydroxylation is 1. The molecule has 3 N–H and O–H groups in total. The van der Waals surface area contributed by atoms with Crippen molar-refractivity contribution in [1.82, 2.24) is 14.9 Å². The molecule has 1 atom stereocenters. The summed E-state index contributed by atoms with van der Waals surface area (Å²) in [7, 11) is 0. The van der Waals surface area contributed by atoms with Crippen molar-refractivity contribution >= 4 is 28.5 Å². The molecule has 1 fully saturated rings. The lowest BCUT2D eigenvalue weighted by Gasteiger charge is -2.26. The van der Waals surface area contributed by atoms with Gasteiger partial charge in [0.2, 0.25) is 5.91 Å². The molecule has 28 heavy (non-hydrogen) atoms. The van der Waals surface area contributed by atoms with Gasteiger partial charge in [-0.3, -0.25) is 19.0 Å². The van der Waals surface area contributed by atoms with E-state index < -0.39 is 12.0 Å². The van der Waals surface area contributed by atoms with Crippen LogP contribution in [0.4, 0.5) is 5.69 Å². The predicted molar refractivity (Wildman–Crippen MR) is 106 cm³/mol. The van der Waals surface area contributed by atoms with Gasteiger partial charge >= 0.3 is 5.97 Å². The smallest absolute Gasteiger partial charge is 0.303 e. The number of carbonyl (C=O) groups is 2. The van der Waals surface area contributed by atoms with Crippen LogP contribution in [0.2, 0.25) is 0 Å². The van der Waals surface area contributed by atoms with Crippen molar-refractivity contribution in [2.75, 3.05) is 11.9 Å². The quantitative estimate of drug-likeness (QED) is 0.632. The Bertz CT molecular complexity index is 996. The summed E-state index contributed by atoms with van der Waals surface area (Å²) >= 11 is 0. The van der Waals surface area contributed by atoms with Crippen LogP contribution in [-0.2, 0) is 9.59 Å². The summed E-state index contributed by atoms with van der Waals surface area (Å²) in [6.45, 7) is 6.05. The zero-order valence-corrected chi connectivity index (χ0v) is 15.8. The maximum Gasteiger partial charge on any atom is 0.303 e. The van der Waals surface area contributed by atoms with Crippen molar-refractivity contribution < 1.29 is 14.7 Å². The van der Waals surface area contributed by atoms with Gasteiger partial charge in [-0.2, -0.15) is 0 Å². The van der Waals surface area contributed by atoms with Crippen molar-refractivity contribution in [3.8, 4) is 0 Å². The van der Waals surface area contributed by atoms with Gasteiger partial charge in [0.15, 0.2) is 0 Å². The number of carboxylic acids is 1. The van der Waals surface area contributed by atoms with E-state index >= 15 is 0 Å². The third-order valence-corrected chi connectivity index (χ3v) is 4.87. The van der Waals surface area contributed by atoms with Crippen LogP contribution in [0.1, 0.15) is 44.0 Å². The number of carbonyl (C=O) groups excluding carboxylic acids is 1. The number of nitrogens with one attached hydrogen (secondary N) is 2. The van der Waals surface area contributed by atoms with E-state index in [-0.39, 0.29) is 17.9 Å². The number of amides is 1. The minimum absolute atomic E-state index is 0.118. The van der Waals surface area contributed by atoms with Gasteiger partial charge in [-0.05, 0) is 44.7 Å². The SMILES string of the molecule is C=C1CCC(n2c(C)nc3cccc(NCCCCC(=O)O)c3c2=O)C(=O)N1. The van der Waals surface area contributed by atoms with E-state index in [4.69, 9.17) is 5.11 Å². The molecular weight excluding hydrogens is 360 g/mol. The fourth-order valence-corrected chi connectivity index (χ4v) is 3.50. The molecule has 0 spiro atoms. The molecule has 8 nitrogen and oxygen atoms in total. The number of nitrogens with zero attached hydrogens (tertiary/aromatic N) is 2. The Kier molecular flexibility index (Phi) is 5.77.